The smallest absolute Gasteiger partial charge is 0.246 e. The molecule has 0 aliphatic carbocycles. The summed E-state index contributed by atoms with van der Waals surface area (Å²) in [7, 11) is 0. The van der Waals surface area contributed by atoms with Crippen molar-refractivity contribution in [1.82, 2.24) is 36.8 Å². The standard InChI is InChI=1S/C32H53N7O9/c1-7-26(40)37-23(6)32(46)39-14-8-10-25(39)31(45)36-19-27(41)38-24(18-21(2)3)30(44)35-13-15-47-16-17-48-20-28(42)33-11-9-12-34-29(43)22(4)5/h7,21,23-25H,1,4,8-20H2,2-3,5-6H3,(H,33,42)(H,34,43)(H,35,44)(H,36,45)(H,37,40)(H,38,41)/t23-,24-,25?/m0/s1. The molecule has 1 unspecified atom stereocenters. The Morgan fingerprint density at radius 2 is 1.56 bits per heavy atom. The lowest BCUT2D eigenvalue weighted by Gasteiger charge is -2.27. The van der Waals surface area contributed by atoms with Gasteiger partial charge in [0.15, 0.2) is 0 Å². The molecule has 0 spiro atoms. The maximum atomic E-state index is 12.8. The molecule has 1 aliphatic heterocycles. The van der Waals surface area contributed by atoms with Crippen molar-refractivity contribution in [2.75, 3.05) is 59.2 Å². The van der Waals surface area contributed by atoms with Crippen molar-refractivity contribution in [3.63, 3.8) is 0 Å². The molecular formula is C32H53N7O9. The SMILES string of the molecule is C=CC(=O)N[C@@H](C)C(=O)N1CCCC1C(=O)NCC(=O)N[C@@H](CC(C)C)C(=O)NCCOCCOCC(=O)NCCCNC(=O)C(=C)C. The second-order valence-corrected chi connectivity index (χ2v) is 11.8. The molecule has 1 fully saturated rings. The molecule has 0 aromatic rings. The summed E-state index contributed by atoms with van der Waals surface area (Å²) < 4.78 is 10.7. The molecule has 48 heavy (non-hydrogen) atoms. The zero-order valence-corrected chi connectivity index (χ0v) is 28.6. The predicted molar refractivity (Wildman–Crippen MR) is 177 cm³/mol. The molecule has 3 atom stereocenters. The van der Waals surface area contributed by atoms with Crippen LogP contribution in [0.15, 0.2) is 24.8 Å². The fraction of sp³-hybridized carbons (Fsp3) is 0.656. The van der Waals surface area contributed by atoms with Crippen LogP contribution < -0.4 is 31.9 Å². The van der Waals surface area contributed by atoms with Crippen LogP contribution in [0.4, 0.5) is 0 Å². The molecule has 1 rings (SSSR count). The minimum absolute atomic E-state index is 0.0882. The van der Waals surface area contributed by atoms with Crippen molar-refractivity contribution in [2.45, 2.75) is 71.5 Å². The first kappa shape index (κ1) is 41.7. The summed E-state index contributed by atoms with van der Waals surface area (Å²) in [6, 6.07) is -2.45. The van der Waals surface area contributed by atoms with E-state index in [0.29, 0.717) is 50.9 Å². The topological polar surface area (TPSA) is 213 Å². The first-order valence-electron chi connectivity index (χ1n) is 16.2. The molecule has 1 saturated heterocycles. The lowest BCUT2D eigenvalue weighted by Crippen LogP contribution is -2.54. The Balaban J connectivity index is 2.33. The van der Waals surface area contributed by atoms with Gasteiger partial charge in [-0.05, 0) is 51.5 Å². The van der Waals surface area contributed by atoms with Crippen LogP contribution in [0, 0.1) is 5.92 Å². The van der Waals surface area contributed by atoms with Crippen molar-refractivity contribution in [2.24, 2.45) is 5.92 Å². The van der Waals surface area contributed by atoms with Gasteiger partial charge in [-0.15, -0.1) is 0 Å². The van der Waals surface area contributed by atoms with Crippen LogP contribution in [0.5, 0.6) is 0 Å². The average Bonchev–Trinajstić information content (AvgIpc) is 3.53. The zero-order valence-electron chi connectivity index (χ0n) is 28.6. The van der Waals surface area contributed by atoms with Gasteiger partial charge in [0.05, 0.1) is 26.4 Å². The molecule has 0 radical (unpaired) electrons. The van der Waals surface area contributed by atoms with Gasteiger partial charge in [0, 0.05) is 31.8 Å². The van der Waals surface area contributed by atoms with Gasteiger partial charge in [0.2, 0.25) is 41.4 Å². The summed E-state index contributed by atoms with van der Waals surface area (Å²) in [5, 5.41) is 15.8. The maximum absolute atomic E-state index is 12.8. The monoisotopic (exact) mass is 679 g/mol. The number of likely N-dealkylation sites (tertiary alicyclic amines) is 1. The molecule has 0 saturated carbocycles. The van der Waals surface area contributed by atoms with E-state index in [1.807, 2.05) is 13.8 Å². The minimum Gasteiger partial charge on any atom is -0.377 e. The Labute approximate surface area is 282 Å². The Kier molecular flexibility index (Phi) is 20.1. The lowest BCUT2D eigenvalue weighted by atomic mass is 10.0. The van der Waals surface area contributed by atoms with E-state index in [2.05, 4.69) is 45.1 Å². The highest BCUT2D eigenvalue weighted by atomic mass is 16.5. The molecule has 7 amide bonds. The van der Waals surface area contributed by atoms with Crippen molar-refractivity contribution < 1.29 is 43.0 Å². The molecule has 16 nitrogen and oxygen atoms in total. The summed E-state index contributed by atoms with van der Waals surface area (Å²) in [5.74, 6) is -2.78. The van der Waals surface area contributed by atoms with Crippen LogP contribution >= 0.6 is 0 Å². The van der Waals surface area contributed by atoms with Gasteiger partial charge in [-0.2, -0.15) is 0 Å². The number of nitrogens with one attached hydrogen (secondary N) is 6. The van der Waals surface area contributed by atoms with E-state index >= 15 is 0 Å². The summed E-state index contributed by atoms with van der Waals surface area (Å²) >= 11 is 0. The van der Waals surface area contributed by atoms with E-state index < -0.39 is 47.7 Å². The van der Waals surface area contributed by atoms with E-state index in [1.165, 1.54) is 11.8 Å². The van der Waals surface area contributed by atoms with Crippen LogP contribution in [0.2, 0.25) is 0 Å². The van der Waals surface area contributed by atoms with Crippen LogP contribution in [-0.2, 0) is 43.0 Å². The van der Waals surface area contributed by atoms with Crippen molar-refractivity contribution in [1.29, 1.82) is 0 Å². The maximum Gasteiger partial charge on any atom is 0.246 e. The Morgan fingerprint density at radius 3 is 2.23 bits per heavy atom. The molecule has 270 valence electrons. The first-order chi connectivity index (χ1) is 22.8. The highest BCUT2D eigenvalue weighted by Crippen LogP contribution is 2.18. The number of ether oxygens (including phenoxy) is 2. The lowest BCUT2D eigenvalue weighted by molar-refractivity contribution is -0.141. The fourth-order valence-electron chi connectivity index (χ4n) is 4.59. The number of carbonyl (C=O) groups excluding carboxylic acids is 7. The molecular weight excluding hydrogens is 626 g/mol. The summed E-state index contributed by atoms with van der Waals surface area (Å²) in [5.41, 5.74) is 0.422. The highest BCUT2D eigenvalue weighted by molar-refractivity contribution is 5.96. The van der Waals surface area contributed by atoms with Crippen LogP contribution in [0.25, 0.3) is 0 Å². The zero-order chi connectivity index (χ0) is 36.1. The van der Waals surface area contributed by atoms with Gasteiger partial charge in [0.25, 0.3) is 0 Å². The van der Waals surface area contributed by atoms with Crippen LogP contribution in [0.3, 0.4) is 0 Å². The third kappa shape index (κ3) is 17.0. The number of hydrogen-bond donors (Lipinski definition) is 6. The van der Waals surface area contributed by atoms with Gasteiger partial charge < -0.3 is 46.3 Å². The number of nitrogens with zero attached hydrogens (tertiary/aromatic N) is 1. The van der Waals surface area contributed by atoms with E-state index in [0.717, 1.165) is 6.08 Å². The van der Waals surface area contributed by atoms with Crippen molar-refractivity contribution in [3.05, 3.63) is 24.8 Å². The van der Waals surface area contributed by atoms with Gasteiger partial charge in [-0.25, -0.2) is 0 Å². The average molecular weight is 680 g/mol. The Bertz CT molecular complexity index is 1140. The van der Waals surface area contributed by atoms with Crippen LogP contribution in [0.1, 0.15) is 53.4 Å². The molecule has 1 heterocycles. The number of amides is 7. The summed E-state index contributed by atoms with van der Waals surface area (Å²) in [6.45, 7) is 15.2. The van der Waals surface area contributed by atoms with Gasteiger partial charge >= 0.3 is 0 Å². The predicted octanol–water partition coefficient (Wildman–Crippen LogP) is -1.34. The third-order valence-corrected chi connectivity index (χ3v) is 7.03. The quantitative estimate of drug-likeness (QED) is 0.0557. The van der Waals surface area contributed by atoms with E-state index in [4.69, 9.17) is 9.47 Å². The Hall–Kier alpha value is -4.31. The number of rotatable bonds is 23. The first-order valence-corrected chi connectivity index (χ1v) is 16.2. The second-order valence-electron chi connectivity index (χ2n) is 11.8. The number of carbonyl (C=O) groups is 7. The van der Waals surface area contributed by atoms with E-state index in [9.17, 15) is 33.6 Å². The van der Waals surface area contributed by atoms with Crippen LogP contribution in [-0.4, -0.2) is 124 Å². The Morgan fingerprint density at radius 1 is 0.875 bits per heavy atom. The number of hydrogen-bond acceptors (Lipinski definition) is 9. The third-order valence-electron chi connectivity index (χ3n) is 7.03. The highest BCUT2D eigenvalue weighted by Gasteiger charge is 2.36. The molecule has 16 heteroatoms. The van der Waals surface area contributed by atoms with E-state index in [1.54, 1.807) is 6.92 Å². The van der Waals surface area contributed by atoms with Gasteiger partial charge in [-0.3, -0.25) is 33.6 Å². The fourth-order valence-corrected chi connectivity index (χ4v) is 4.59. The molecule has 6 N–H and O–H groups in total. The van der Waals surface area contributed by atoms with Crippen molar-refractivity contribution in [3.8, 4) is 0 Å². The minimum atomic E-state index is -0.842. The van der Waals surface area contributed by atoms with E-state index in [-0.39, 0.29) is 57.2 Å². The molecule has 1 aliphatic rings. The largest absolute Gasteiger partial charge is 0.377 e. The second kappa shape index (κ2) is 23.1. The van der Waals surface area contributed by atoms with Gasteiger partial charge in [-0.1, -0.05) is 27.0 Å². The van der Waals surface area contributed by atoms with Gasteiger partial charge in [0.1, 0.15) is 24.7 Å². The molecule has 0 aromatic carbocycles. The summed E-state index contributed by atoms with van der Waals surface area (Å²) in [6.07, 6.45) is 3.01. The molecule has 0 bridgehead atoms. The summed E-state index contributed by atoms with van der Waals surface area (Å²) in [4.78, 5) is 87.2. The van der Waals surface area contributed by atoms with Crippen molar-refractivity contribution >= 4 is 41.4 Å². The normalized spacial score (nSPS) is 15.1. The molecule has 0 aromatic heterocycles.